The summed E-state index contributed by atoms with van der Waals surface area (Å²) in [5.41, 5.74) is 3.24. The molecule has 0 aliphatic heterocycles. The van der Waals surface area contributed by atoms with E-state index in [1.54, 1.807) is 6.07 Å². The van der Waals surface area contributed by atoms with Crippen LogP contribution < -0.4 is 0 Å². The number of phenolic OH excluding ortho intramolecular Hbond substituents is 1. The van der Waals surface area contributed by atoms with Gasteiger partial charge in [0, 0.05) is 5.56 Å². The molecular weight excluding hydrogens is 196 g/mol. The molecular formula is C15H14O. The second-order valence-corrected chi connectivity index (χ2v) is 3.75. The zero-order valence-corrected chi connectivity index (χ0v) is 9.22. The Balaban J connectivity index is 2.29. The lowest BCUT2D eigenvalue weighted by Gasteiger charge is -2.00. The number of para-hydroxylation sites is 1. The van der Waals surface area contributed by atoms with E-state index in [-0.39, 0.29) is 0 Å². The van der Waals surface area contributed by atoms with Crippen LogP contribution in [-0.4, -0.2) is 5.11 Å². The van der Waals surface area contributed by atoms with E-state index in [4.69, 9.17) is 0 Å². The summed E-state index contributed by atoms with van der Waals surface area (Å²) in [6.45, 7) is 2.07. The predicted molar refractivity (Wildman–Crippen MR) is 68.2 cm³/mol. The average molecular weight is 210 g/mol. The number of rotatable bonds is 2. The van der Waals surface area contributed by atoms with Gasteiger partial charge in [-0.1, -0.05) is 54.6 Å². The van der Waals surface area contributed by atoms with E-state index in [1.165, 1.54) is 11.1 Å². The van der Waals surface area contributed by atoms with Crippen molar-refractivity contribution in [1.82, 2.24) is 0 Å². The monoisotopic (exact) mass is 210 g/mol. The smallest absolute Gasteiger partial charge is 0.122 e. The van der Waals surface area contributed by atoms with Gasteiger partial charge in [-0.2, -0.15) is 0 Å². The normalized spacial score (nSPS) is 10.8. The number of hydrogen-bond donors (Lipinski definition) is 1. The average Bonchev–Trinajstić information content (AvgIpc) is 2.30. The van der Waals surface area contributed by atoms with Crippen molar-refractivity contribution < 1.29 is 5.11 Å². The van der Waals surface area contributed by atoms with E-state index < -0.39 is 0 Å². The molecule has 0 aliphatic rings. The van der Waals surface area contributed by atoms with E-state index in [1.807, 2.05) is 42.5 Å². The molecule has 1 heteroatoms. The van der Waals surface area contributed by atoms with Gasteiger partial charge in [-0.25, -0.2) is 0 Å². The van der Waals surface area contributed by atoms with E-state index >= 15 is 0 Å². The molecule has 16 heavy (non-hydrogen) atoms. The van der Waals surface area contributed by atoms with Gasteiger partial charge in [0.25, 0.3) is 0 Å². The molecule has 0 unspecified atom stereocenters. The van der Waals surface area contributed by atoms with E-state index in [9.17, 15) is 5.11 Å². The summed E-state index contributed by atoms with van der Waals surface area (Å²) in [4.78, 5) is 0. The van der Waals surface area contributed by atoms with Crippen LogP contribution in [0.2, 0.25) is 0 Å². The first-order valence-electron chi connectivity index (χ1n) is 5.29. The summed E-state index contributed by atoms with van der Waals surface area (Å²) >= 11 is 0. The van der Waals surface area contributed by atoms with Crippen LogP contribution in [0.5, 0.6) is 5.75 Å². The van der Waals surface area contributed by atoms with E-state index in [0.717, 1.165) is 5.56 Å². The van der Waals surface area contributed by atoms with Gasteiger partial charge in [-0.15, -0.1) is 0 Å². The van der Waals surface area contributed by atoms with Crippen molar-refractivity contribution in [3.05, 3.63) is 65.2 Å². The highest BCUT2D eigenvalue weighted by Gasteiger charge is 1.95. The number of phenols is 1. The Bertz CT molecular complexity index is 465. The topological polar surface area (TPSA) is 20.2 Å². The number of benzene rings is 2. The van der Waals surface area contributed by atoms with Crippen LogP contribution in [0.25, 0.3) is 12.2 Å². The van der Waals surface area contributed by atoms with Crippen molar-refractivity contribution in [3.8, 4) is 5.75 Å². The Kier molecular flexibility index (Phi) is 3.06. The molecule has 0 atom stereocenters. The Labute approximate surface area is 95.7 Å². The van der Waals surface area contributed by atoms with Gasteiger partial charge in [0.15, 0.2) is 0 Å². The fraction of sp³-hybridized carbons (Fsp3) is 0.0667. The molecule has 0 fully saturated rings. The number of aromatic hydroxyl groups is 1. The maximum absolute atomic E-state index is 9.61. The fourth-order valence-electron chi connectivity index (χ4n) is 1.58. The zero-order chi connectivity index (χ0) is 11.4. The SMILES string of the molecule is Cc1ccccc1C=Cc1ccccc1O. The molecule has 80 valence electrons. The summed E-state index contributed by atoms with van der Waals surface area (Å²) in [6, 6.07) is 15.5. The molecule has 0 heterocycles. The fourth-order valence-corrected chi connectivity index (χ4v) is 1.58. The van der Waals surface area contributed by atoms with Gasteiger partial charge in [-0.3, -0.25) is 0 Å². The summed E-state index contributed by atoms with van der Waals surface area (Å²) in [6.07, 6.45) is 3.95. The maximum Gasteiger partial charge on any atom is 0.122 e. The zero-order valence-electron chi connectivity index (χ0n) is 9.22. The molecule has 2 aromatic rings. The van der Waals surface area contributed by atoms with Crippen molar-refractivity contribution in [3.63, 3.8) is 0 Å². The Morgan fingerprint density at radius 3 is 2.06 bits per heavy atom. The van der Waals surface area contributed by atoms with Crippen LogP contribution in [0.15, 0.2) is 48.5 Å². The first-order chi connectivity index (χ1) is 7.77. The molecule has 1 N–H and O–H groups in total. The van der Waals surface area contributed by atoms with E-state index in [2.05, 4.69) is 19.1 Å². The van der Waals surface area contributed by atoms with Crippen LogP contribution >= 0.6 is 0 Å². The molecule has 0 radical (unpaired) electrons. The molecule has 2 rings (SSSR count). The molecule has 0 aliphatic carbocycles. The van der Waals surface area contributed by atoms with Crippen LogP contribution in [0, 0.1) is 6.92 Å². The van der Waals surface area contributed by atoms with Gasteiger partial charge < -0.3 is 5.11 Å². The highest BCUT2D eigenvalue weighted by molar-refractivity contribution is 5.73. The second-order valence-electron chi connectivity index (χ2n) is 3.75. The van der Waals surface area contributed by atoms with Gasteiger partial charge in [0.1, 0.15) is 5.75 Å². The maximum atomic E-state index is 9.61. The van der Waals surface area contributed by atoms with Gasteiger partial charge in [0.05, 0.1) is 0 Å². The lowest BCUT2D eigenvalue weighted by atomic mass is 10.1. The number of aryl methyl sites for hydroxylation is 1. The van der Waals surface area contributed by atoms with Crippen molar-refractivity contribution in [2.24, 2.45) is 0 Å². The quantitative estimate of drug-likeness (QED) is 0.746. The molecule has 2 aromatic carbocycles. The molecule has 1 nitrogen and oxygen atoms in total. The standard InChI is InChI=1S/C15H14O/c1-12-6-2-3-7-13(12)10-11-14-8-4-5-9-15(14)16/h2-11,16H,1H3. The van der Waals surface area contributed by atoms with E-state index in [0.29, 0.717) is 5.75 Å². The Morgan fingerprint density at radius 2 is 1.38 bits per heavy atom. The lowest BCUT2D eigenvalue weighted by molar-refractivity contribution is 0.474. The first kappa shape index (κ1) is 10.5. The molecule has 0 bridgehead atoms. The molecule has 0 saturated carbocycles. The Morgan fingerprint density at radius 1 is 0.812 bits per heavy atom. The largest absolute Gasteiger partial charge is 0.507 e. The van der Waals surface area contributed by atoms with Crippen LogP contribution in [-0.2, 0) is 0 Å². The van der Waals surface area contributed by atoms with Crippen LogP contribution in [0.3, 0.4) is 0 Å². The third-order valence-corrected chi connectivity index (χ3v) is 2.57. The Hall–Kier alpha value is -2.02. The van der Waals surface area contributed by atoms with Crippen molar-refractivity contribution >= 4 is 12.2 Å². The minimum atomic E-state index is 0.312. The van der Waals surface area contributed by atoms with Crippen molar-refractivity contribution in [2.45, 2.75) is 6.92 Å². The summed E-state index contributed by atoms with van der Waals surface area (Å²) in [7, 11) is 0. The van der Waals surface area contributed by atoms with Gasteiger partial charge in [0.2, 0.25) is 0 Å². The highest BCUT2D eigenvalue weighted by atomic mass is 16.3. The van der Waals surface area contributed by atoms with Gasteiger partial charge >= 0.3 is 0 Å². The molecule has 0 spiro atoms. The highest BCUT2D eigenvalue weighted by Crippen LogP contribution is 2.19. The second kappa shape index (κ2) is 4.67. The minimum Gasteiger partial charge on any atom is -0.507 e. The molecule has 0 aromatic heterocycles. The summed E-state index contributed by atoms with van der Waals surface area (Å²) in [5, 5.41) is 9.61. The molecule has 0 amide bonds. The third-order valence-electron chi connectivity index (χ3n) is 2.57. The third kappa shape index (κ3) is 2.31. The number of hydrogen-bond acceptors (Lipinski definition) is 1. The van der Waals surface area contributed by atoms with Crippen molar-refractivity contribution in [1.29, 1.82) is 0 Å². The minimum absolute atomic E-state index is 0.312. The lowest BCUT2D eigenvalue weighted by Crippen LogP contribution is -1.78. The first-order valence-corrected chi connectivity index (χ1v) is 5.29. The van der Waals surface area contributed by atoms with Crippen LogP contribution in [0.1, 0.15) is 16.7 Å². The van der Waals surface area contributed by atoms with Gasteiger partial charge in [-0.05, 0) is 24.1 Å². The summed E-state index contributed by atoms with van der Waals surface area (Å²) in [5.74, 6) is 0.312. The van der Waals surface area contributed by atoms with Crippen LogP contribution in [0.4, 0.5) is 0 Å². The van der Waals surface area contributed by atoms with Crippen molar-refractivity contribution in [2.75, 3.05) is 0 Å². The predicted octanol–water partition coefficient (Wildman–Crippen LogP) is 3.87. The molecule has 0 saturated heterocycles. The summed E-state index contributed by atoms with van der Waals surface area (Å²) < 4.78 is 0.